The second-order valence-electron chi connectivity index (χ2n) is 5.80. The highest BCUT2D eigenvalue weighted by atomic mass is 16.2. The van der Waals surface area contributed by atoms with Crippen molar-refractivity contribution < 1.29 is 4.79 Å². The standard InChI is InChI=1S/C16H25N3O/c1-18-10-8-13(11-18)12-19(2)16(20)15-6-4-3-5-14(15)7-9-17/h3-6,13H,7-12,17H2,1-2H3. The van der Waals surface area contributed by atoms with Crippen LogP contribution in [0.4, 0.5) is 0 Å². The van der Waals surface area contributed by atoms with Crippen LogP contribution in [0.2, 0.25) is 0 Å². The van der Waals surface area contributed by atoms with Crippen LogP contribution in [0.3, 0.4) is 0 Å². The number of rotatable bonds is 5. The summed E-state index contributed by atoms with van der Waals surface area (Å²) in [4.78, 5) is 16.8. The zero-order valence-electron chi connectivity index (χ0n) is 12.5. The van der Waals surface area contributed by atoms with E-state index in [1.54, 1.807) is 0 Å². The topological polar surface area (TPSA) is 49.6 Å². The molecule has 1 aliphatic rings. The number of likely N-dealkylation sites (tertiary alicyclic amines) is 1. The molecule has 1 aliphatic heterocycles. The van der Waals surface area contributed by atoms with Crippen LogP contribution in [0.1, 0.15) is 22.3 Å². The number of carbonyl (C=O) groups is 1. The average molecular weight is 275 g/mol. The molecule has 1 saturated heterocycles. The lowest BCUT2D eigenvalue weighted by Crippen LogP contribution is -2.33. The Hall–Kier alpha value is -1.39. The monoisotopic (exact) mass is 275 g/mol. The first-order valence-corrected chi connectivity index (χ1v) is 7.33. The van der Waals surface area contributed by atoms with Crippen LogP contribution in [-0.4, -0.2) is 56.0 Å². The number of hydrogen-bond donors (Lipinski definition) is 1. The smallest absolute Gasteiger partial charge is 0.253 e. The minimum absolute atomic E-state index is 0.114. The van der Waals surface area contributed by atoms with Crippen LogP contribution in [0.5, 0.6) is 0 Å². The van der Waals surface area contributed by atoms with E-state index in [-0.39, 0.29) is 5.91 Å². The van der Waals surface area contributed by atoms with Crippen molar-refractivity contribution in [3.05, 3.63) is 35.4 Å². The Morgan fingerprint density at radius 2 is 2.20 bits per heavy atom. The van der Waals surface area contributed by atoms with E-state index in [0.29, 0.717) is 12.5 Å². The summed E-state index contributed by atoms with van der Waals surface area (Å²) in [7, 11) is 4.04. The quantitative estimate of drug-likeness (QED) is 0.879. The maximum absolute atomic E-state index is 12.6. The largest absolute Gasteiger partial charge is 0.341 e. The van der Waals surface area contributed by atoms with Crippen LogP contribution in [0.25, 0.3) is 0 Å². The van der Waals surface area contributed by atoms with E-state index in [2.05, 4.69) is 11.9 Å². The van der Waals surface area contributed by atoms with Crippen LogP contribution in [0.15, 0.2) is 24.3 Å². The lowest BCUT2D eigenvalue weighted by Gasteiger charge is -2.22. The maximum Gasteiger partial charge on any atom is 0.253 e. The van der Waals surface area contributed by atoms with Gasteiger partial charge in [0.1, 0.15) is 0 Å². The molecule has 20 heavy (non-hydrogen) atoms. The Morgan fingerprint density at radius 3 is 2.85 bits per heavy atom. The van der Waals surface area contributed by atoms with E-state index in [9.17, 15) is 4.79 Å². The lowest BCUT2D eigenvalue weighted by atomic mass is 10.0. The normalized spacial score (nSPS) is 19.2. The predicted molar refractivity (Wildman–Crippen MR) is 81.8 cm³/mol. The minimum atomic E-state index is 0.114. The Bertz CT molecular complexity index is 461. The van der Waals surface area contributed by atoms with Crippen molar-refractivity contribution in [2.45, 2.75) is 12.8 Å². The summed E-state index contributed by atoms with van der Waals surface area (Å²) >= 11 is 0. The van der Waals surface area contributed by atoms with Gasteiger partial charge in [-0.15, -0.1) is 0 Å². The molecule has 1 atom stereocenters. The second-order valence-corrected chi connectivity index (χ2v) is 5.80. The molecule has 2 N–H and O–H groups in total. The Balaban J connectivity index is 2.03. The Morgan fingerprint density at radius 1 is 1.45 bits per heavy atom. The first-order chi connectivity index (χ1) is 9.61. The predicted octanol–water partition coefficient (Wildman–Crippen LogP) is 1.21. The molecule has 0 bridgehead atoms. The second kappa shape index (κ2) is 6.86. The third-order valence-corrected chi connectivity index (χ3v) is 4.03. The summed E-state index contributed by atoms with van der Waals surface area (Å²) in [6, 6.07) is 7.79. The first kappa shape index (κ1) is 15.0. The van der Waals surface area contributed by atoms with Crippen molar-refractivity contribution in [2.75, 3.05) is 40.3 Å². The molecule has 1 aromatic carbocycles. The Kier molecular flexibility index (Phi) is 5.15. The van der Waals surface area contributed by atoms with Gasteiger partial charge >= 0.3 is 0 Å². The van der Waals surface area contributed by atoms with Crippen molar-refractivity contribution in [2.24, 2.45) is 11.7 Å². The van der Waals surface area contributed by atoms with Gasteiger partial charge in [0.2, 0.25) is 0 Å². The van der Waals surface area contributed by atoms with Crippen LogP contribution < -0.4 is 5.73 Å². The van der Waals surface area contributed by atoms with E-state index in [1.165, 1.54) is 6.42 Å². The third kappa shape index (κ3) is 3.58. The van der Waals surface area contributed by atoms with Gasteiger partial charge in [0, 0.05) is 25.7 Å². The minimum Gasteiger partial charge on any atom is -0.341 e. The molecule has 1 heterocycles. The Labute approximate surface area is 121 Å². The highest BCUT2D eigenvalue weighted by Crippen LogP contribution is 2.17. The summed E-state index contributed by atoms with van der Waals surface area (Å²) in [6.07, 6.45) is 1.93. The fourth-order valence-corrected chi connectivity index (χ4v) is 2.95. The lowest BCUT2D eigenvalue weighted by molar-refractivity contribution is 0.0773. The average Bonchev–Trinajstić information content (AvgIpc) is 2.84. The van der Waals surface area contributed by atoms with Gasteiger partial charge in [-0.05, 0) is 50.5 Å². The molecule has 0 spiro atoms. The fraction of sp³-hybridized carbons (Fsp3) is 0.562. The van der Waals surface area contributed by atoms with Crippen LogP contribution >= 0.6 is 0 Å². The van der Waals surface area contributed by atoms with E-state index in [1.807, 2.05) is 36.2 Å². The van der Waals surface area contributed by atoms with Gasteiger partial charge in [-0.2, -0.15) is 0 Å². The number of amides is 1. The number of nitrogens with zero attached hydrogens (tertiary/aromatic N) is 2. The van der Waals surface area contributed by atoms with Gasteiger partial charge in [0.05, 0.1) is 0 Å². The number of hydrogen-bond acceptors (Lipinski definition) is 3. The molecule has 2 rings (SSSR count). The molecule has 1 unspecified atom stereocenters. The van der Waals surface area contributed by atoms with Gasteiger partial charge in [0.15, 0.2) is 0 Å². The number of carbonyl (C=O) groups excluding carboxylic acids is 1. The maximum atomic E-state index is 12.6. The van der Waals surface area contributed by atoms with Gasteiger partial charge in [-0.1, -0.05) is 18.2 Å². The van der Waals surface area contributed by atoms with Crippen molar-refractivity contribution in [1.82, 2.24) is 9.80 Å². The van der Waals surface area contributed by atoms with Gasteiger partial charge in [-0.3, -0.25) is 4.79 Å². The number of benzene rings is 1. The van der Waals surface area contributed by atoms with Crippen LogP contribution in [-0.2, 0) is 6.42 Å². The SMILES string of the molecule is CN1CCC(CN(C)C(=O)c2ccccc2CCN)C1. The van der Waals surface area contributed by atoms with Gasteiger partial charge < -0.3 is 15.5 Å². The zero-order valence-corrected chi connectivity index (χ0v) is 12.5. The van der Waals surface area contributed by atoms with Gasteiger partial charge in [0.25, 0.3) is 5.91 Å². The molecule has 0 aromatic heterocycles. The number of nitrogens with two attached hydrogens (primary N) is 1. The third-order valence-electron chi connectivity index (χ3n) is 4.03. The molecule has 1 aromatic rings. The van der Waals surface area contributed by atoms with Crippen molar-refractivity contribution in [1.29, 1.82) is 0 Å². The highest BCUT2D eigenvalue weighted by Gasteiger charge is 2.23. The molecule has 0 saturated carbocycles. The van der Waals surface area contributed by atoms with E-state index < -0.39 is 0 Å². The molecule has 1 amide bonds. The zero-order chi connectivity index (χ0) is 14.5. The molecule has 1 fully saturated rings. The molecule has 0 radical (unpaired) electrons. The highest BCUT2D eigenvalue weighted by molar-refractivity contribution is 5.95. The van der Waals surface area contributed by atoms with Crippen LogP contribution in [0, 0.1) is 5.92 Å². The summed E-state index contributed by atoms with van der Waals surface area (Å²) in [5, 5.41) is 0. The molecule has 110 valence electrons. The van der Waals surface area contributed by atoms with Crippen molar-refractivity contribution >= 4 is 5.91 Å². The summed E-state index contributed by atoms with van der Waals surface area (Å²) in [5.41, 5.74) is 7.47. The first-order valence-electron chi connectivity index (χ1n) is 7.33. The summed E-state index contributed by atoms with van der Waals surface area (Å²) in [5.74, 6) is 0.708. The summed E-state index contributed by atoms with van der Waals surface area (Å²) in [6.45, 7) is 3.63. The molecular formula is C16H25N3O. The van der Waals surface area contributed by atoms with E-state index >= 15 is 0 Å². The molecule has 4 heteroatoms. The summed E-state index contributed by atoms with van der Waals surface area (Å²) < 4.78 is 0. The van der Waals surface area contributed by atoms with Gasteiger partial charge in [-0.25, -0.2) is 0 Å². The van der Waals surface area contributed by atoms with E-state index in [0.717, 1.165) is 37.2 Å². The van der Waals surface area contributed by atoms with E-state index in [4.69, 9.17) is 5.73 Å². The molecule has 0 aliphatic carbocycles. The molecular weight excluding hydrogens is 250 g/mol. The van der Waals surface area contributed by atoms with Crippen molar-refractivity contribution in [3.8, 4) is 0 Å². The fourth-order valence-electron chi connectivity index (χ4n) is 2.95. The molecule has 4 nitrogen and oxygen atoms in total. The van der Waals surface area contributed by atoms with Crippen molar-refractivity contribution in [3.63, 3.8) is 0 Å².